The molecule has 0 bridgehead atoms. The van der Waals surface area contributed by atoms with E-state index >= 15 is 0 Å². The van der Waals surface area contributed by atoms with Gasteiger partial charge in [-0.05, 0) is 40.0 Å². The zero-order valence-electron chi connectivity index (χ0n) is 10.2. The minimum absolute atomic E-state index is 0.0457. The highest BCUT2D eigenvalue weighted by Gasteiger charge is 2.28. The molecule has 0 radical (unpaired) electrons. The number of aliphatic carboxylic acids is 1. The summed E-state index contributed by atoms with van der Waals surface area (Å²) in [5.41, 5.74) is 0. The van der Waals surface area contributed by atoms with E-state index in [0.29, 0.717) is 9.50 Å². The second kappa shape index (κ2) is 6.21. The topological polar surface area (TPSA) is 83.5 Å². The van der Waals surface area contributed by atoms with Crippen molar-refractivity contribution >= 4 is 43.5 Å². The first kappa shape index (κ1) is 16.4. The summed E-state index contributed by atoms with van der Waals surface area (Å²) in [5.74, 6) is -1.59. The van der Waals surface area contributed by atoms with Crippen molar-refractivity contribution in [2.45, 2.75) is 24.8 Å². The van der Waals surface area contributed by atoms with E-state index in [0.717, 1.165) is 0 Å². The van der Waals surface area contributed by atoms with E-state index in [2.05, 4.69) is 20.7 Å². The van der Waals surface area contributed by atoms with Gasteiger partial charge in [-0.2, -0.15) is 4.72 Å². The van der Waals surface area contributed by atoms with Gasteiger partial charge in [0.1, 0.15) is 6.04 Å². The zero-order chi connectivity index (χ0) is 14.8. The van der Waals surface area contributed by atoms with Crippen LogP contribution in [0, 0.1) is 5.92 Å². The summed E-state index contributed by atoms with van der Waals surface area (Å²) in [7, 11) is -3.91. The van der Waals surface area contributed by atoms with E-state index in [9.17, 15) is 13.2 Å². The van der Waals surface area contributed by atoms with Crippen LogP contribution in [0.2, 0.25) is 5.02 Å². The highest BCUT2D eigenvalue weighted by molar-refractivity contribution is 9.10. The van der Waals surface area contributed by atoms with E-state index in [-0.39, 0.29) is 10.8 Å². The standard InChI is InChI=1S/C11H13BrClNO4S/c1-6(2)10(11(15)16)14-19(17,18)7-3-4-9(13)8(12)5-7/h3-6,10,14H,1-2H3,(H,15,16)/t10-/m0/s1. The number of sulfonamides is 1. The van der Waals surface area contributed by atoms with Crippen LogP contribution in [-0.2, 0) is 14.8 Å². The maximum absolute atomic E-state index is 12.1. The summed E-state index contributed by atoms with van der Waals surface area (Å²) < 4.78 is 26.7. The van der Waals surface area contributed by atoms with Gasteiger partial charge in [0.2, 0.25) is 10.0 Å². The first-order chi connectivity index (χ1) is 8.65. The van der Waals surface area contributed by atoms with Crippen molar-refractivity contribution in [1.82, 2.24) is 4.72 Å². The average Bonchev–Trinajstić information content (AvgIpc) is 2.28. The molecule has 1 rings (SSSR count). The van der Waals surface area contributed by atoms with E-state index in [4.69, 9.17) is 16.7 Å². The molecule has 19 heavy (non-hydrogen) atoms. The molecule has 0 fully saturated rings. The Labute approximate surface area is 125 Å². The monoisotopic (exact) mass is 369 g/mol. The van der Waals surface area contributed by atoms with Gasteiger partial charge in [-0.25, -0.2) is 8.42 Å². The molecule has 0 aliphatic rings. The summed E-state index contributed by atoms with van der Waals surface area (Å²) >= 11 is 8.90. The van der Waals surface area contributed by atoms with Crippen LogP contribution in [-0.4, -0.2) is 25.5 Å². The number of carboxylic acid groups (broad SMARTS) is 1. The van der Waals surface area contributed by atoms with E-state index in [1.165, 1.54) is 18.2 Å². The molecule has 0 aliphatic carbocycles. The van der Waals surface area contributed by atoms with Crippen molar-refractivity contribution in [3.05, 3.63) is 27.7 Å². The fraction of sp³-hybridized carbons (Fsp3) is 0.364. The number of hydrogen-bond acceptors (Lipinski definition) is 3. The van der Waals surface area contributed by atoms with Crippen LogP contribution < -0.4 is 4.72 Å². The van der Waals surface area contributed by atoms with Crippen LogP contribution in [0.3, 0.4) is 0 Å². The van der Waals surface area contributed by atoms with Gasteiger partial charge < -0.3 is 5.11 Å². The van der Waals surface area contributed by atoms with E-state index in [1.807, 2.05) is 0 Å². The second-order valence-electron chi connectivity index (χ2n) is 4.26. The number of carboxylic acids is 1. The molecule has 8 heteroatoms. The van der Waals surface area contributed by atoms with Gasteiger partial charge >= 0.3 is 5.97 Å². The van der Waals surface area contributed by atoms with E-state index < -0.39 is 22.0 Å². The van der Waals surface area contributed by atoms with Crippen LogP contribution in [0.25, 0.3) is 0 Å². The molecule has 1 atom stereocenters. The summed E-state index contributed by atoms with van der Waals surface area (Å²) in [5, 5.41) is 9.37. The first-order valence-electron chi connectivity index (χ1n) is 5.35. The largest absolute Gasteiger partial charge is 0.480 e. The van der Waals surface area contributed by atoms with Gasteiger partial charge in [-0.1, -0.05) is 25.4 Å². The van der Waals surface area contributed by atoms with Crippen molar-refractivity contribution in [2.75, 3.05) is 0 Å². The molecule has 2 N–H and O–H groups in total. The molecular weight excluding hydrogens is 358 g/mol. The van der Waals surface area contributed by atoms with Gasteiger partial charge in [-0.15, -0.1) is 0 Å². The molecule has 0 heterocycles. The molecule has 0 aromatic heterocycles. The molecular formula is C11H13BrClNO4S. The van der Waals surface area contributed by atoms with Crippen LogP contribution in [0.1, 0.15) is 13.8 Å². The van der Waals surface area contributed by atoms with Gasteiger partial charge in [0.25, 0.3) is 0 Å². The number of benzene rings is 1. The smallest absolute Gasteiger partial charge is 0.322 e. The maximum Gasteiger partial charge on any atom is 0.322 e. The molecule has 5 nitrogen and oxygen atoms in total. The molecule has 0 spiro atoms. The average molecular weight is 371 g/mol. The third kappa shape index (κ3) is 4.17. The lowest BCUT2D eigenvalue weighted by Crippen LogP contribution is -2.44. The molecule has 0 aliphatic heterocycles. The normalized spacial score (nSPS) is 13.5. The van der Waals surface area contributed by atoms with Crippen LogP contribution in [0.15, 0.2) is 27.6 Å². The lowest BCUT2D eigenvalue weighted by Gasteiger charge is -2.18. The first-order valence-corrected chi connectivity index (χ1v) is 8.00. The Hall–Kier alpha value is -0.630. The Morgan fingerprint density at radius 1 is 1.42 bits per heavy atom. The predicted molar refractivity (Wildman–Crippen MR) is 75.7 cm³/mol. The van der Waals surface area contributed by atoms with Gasteiger partial charge in [0, 0.05) is 4.47 Å². The number of halogens is 2. The quantitative estimate of drug-likeness (QED) is 0.834. The molecule has 106 valence electrons. The Morgan fingerprint density at radius 3 is 2.42 bits per heavy atom. The van der Waals surface area contributed by atoms with Crippen molar-refractivity contribution in [1.29, 1.82) is 0 Å². The Morgan fingerprint density at radius 2 is 2.00 bits per heavy atom. The van der Waals surface area contributed by atoms with Crippen molar-refractivity contribution in [3.8, 4) is 0 Å². The van der Waals surface area contributed by atoms with Crippen molar-refractivity contribution < 1.29 is 18.3 Å². The third-order valence-corrected chi connectivity index (χ3v) is 5.07. The minimum atomic E-state index is -3.91. The molecule has 0 saturated carbocycles. The third-order valence-electron chi connectivity index (χ3n) is 2.42. The number of hydrogen-bond donors (Lipinski definition) is 2. The summed E-state index contributed by atoms with van der Waals surface area (Å²) in [6, 6.07) is 2.88. The molecule has 0 amide bonds. The van der Waals surface area contributed by atoms with Gasteiger partial charge in [-0.3, -0.25) is 4.79 Å². The summed E-state index contributed by atoms with van der Waals surface area (Å²) in [6.45, 7) is 3.25. The Balaban J connectivity index is 3.10. The fourth-order valence-corrected chi connectivity index (χ4v) is 3.36. The van der Waals surface area contributed by atoms with Crippen LogP contribution in [0.5, 0.6) is 0 Å². The molecule has 1 aromatic rings. The number of nitrogens with one attached hydrogen (secondary N) is 1. The number of carbonyl (C=O) groups is 1. The van der Waals surface area contributed by atoms with Crippen LogP contribution in [0.4, 0.5) is 0 Å². The molecule has 0 saturated heterocycles. The van der Waals surface area contributed by atoms with Gasteiger partial charge in [0.15, 0.2) is 0 Å². The van der Waals surface area contributed by atoms with Crippen molar-refractivity contribution in [3.63, 3.8) is 0 Å². The van der Waals surface area contributed by atoms with E-state index in [1.54, 1.807) is 13.8 Å². The molecule has 1 aromatic carbocycles. The number of rotatable bonds is 5. The second-order valence-corrected chi connectivity index (χ2v) is 7.23. The minimum Gasteiger partial charge on any atom is -0.480 e. The Kier molecular flexibility index (Phi) is 5.37. The Bertz CT molecular complexity index is 588. The zero-order valence-corrected chi connectivity index (χ0v) is 13.4. The fourth-order valence-electron chi connectivity index (χ4n) is 1.35. The SMILES string of the molecule is CC(C)[C@H](NS(=O)(=O)c1ccc(Cl)c(Br)c1)C(=O)O. The molecule has 0 unspecified atom stereocenters. The van der Waals surface area contributed by atoms with Gasteiger partial charge in [0.05, 0.1) is 9.92 Å². The highest BCUT2D eigenvalue weighted by atomic mass is 79.9. The lowest BCUT2D eigenvalue weighted by molar-refractivity contribution is -0.140. The summed E-state index contributed by atoms with van der Waals surface area (Å²) in [6.07, 6.45) is 0. The highest BCUT2D eigenvalue weighted by Crippen LogP contribution is 2.25. The predicted octanol–water partition coefficient (Wildman–Crippen LogP) is 2.49. The lowest BCUT2D eigenvalue weighted by atomic mass is 10.1. The van der Waals surface area contributed by atoms with Crippen LogP contribution >= 0.6 is 27.5 Å². The maximum atomic E-state index is 12.1. The van der Waals surface area contributed by atoms with Crippen molar-refractivity contribution in [2.24, 2.45) is 5.92 Å². The summed E-state index contributed by atoms with van der Waals surface area (Å²) in [4.78, 5) is 11.0.